The summed E-state index contributed by atoms with van der Waals surface area (Å²) in [6, 6.07) is 118. The molecule has 0 saturated carbocycles. The zero-order valence-corrected chi connectivity index (χ0v) is 44.9. The molecular formula is C80H52N2. The third-order valence-corrected chi connectivity index (χ3v) is 18.3. The number of benzene rings is 13. The van der Waals surface area contributed by atoms with Crippen LogP contribution in [0.4, 0.5) is 17.1 Å². The summed E-state index contributed by atoms with van der Waals surface area (Å²) in [6.07, 6.45) is 0. The van der Waals surface area contributed by atoms with Crippen molar-refractivity contribution >= 4 is 38.9 Å². The third kappa shape index (κ3) is 6.46. The first-order chi connectivity index (χ1) is 40.7. The highest BCUT2D eigenvalue weighted by Gasteiger charge is 2.59. The largest absolute Gasteiger partial charge is 0.311 e. The van der Waals surface area contributed by atoms with E-state index < -0.39 is 10.8 Å². The molecule has 3 aliphatic carbocycles. The Bertz CT molecular complexity index is 4660. The fraction of sp³-hybridized carbons (Fsp3) is 0.0250. The summed E-state index contributed by atoms with van der Waals surface area (Å²) in [5, 5.41) is 2.45. The summed E-state index contributed by atoms with van der Waals surface area (Å²) in [5.41, 5.74) is 28.8. The lowest BCUT2D eigenvalue weighted by atomic mass is 9.52. The average Bonchev–Trinajstić information content (AvgIpc) is 1.56. The van der Waals surface area contributed by atoms with E-state index in [-0.39, 0.29) is 0 Å². The van der Waals surface area contributed by atoms with E-state index in [2.05, 4.69) is 325 Å². The molecule has 0 unspecified atom stereocenters. The third-order valence-electron chi connectivity index (χ3n) is 18.3. The van der Waals surface area contributed by atoms with Crippen LogP contribution in [0.15, 0.2) is 315 Å². The van der Waals surface area contributed by atoms with Gasteiger partial charge in [-0.25, -0.2) is 0 Å². The molecule has 0 amide bonds. The number of para-hydroxylation sites is 1. The van der Waals surface area contributed by atoms with E-state index in [1.165, 1.54) is 122 Å². The second-order valence-corrected chi connectivity index (χ2v) is 22.2. The number of aromatic nitrogens is 1. The first kappa shape index (κ1) is 46.4. The summed E-state index contributed by atoms with van der Waals surface area (Å²) in [4.78, 5) is 2.36. The van der Waals surface area contributed by atoms with E-state index >= 15 is 0 Å². The predicted molar refractivity (Wildman–Crippen MR) is 340 cm³/mol. The molecule has 14 aromatic rings. The molecule has 0 aliphatic heterocycles. The van der Waals surface area contributed by atoms with Crippen LogP contribution < -0.4 is 4.90 Å². The van der Waals surface area contributed by atoms with Gasteiger partial charge in [-0.15, -0.1) is 0 Å². The molecule has 3 aliphatic rings. The quantitative estimate of drug-likeness (QED) is 0.154. The van der Waals surface area contributed by atoms with Crippen molar-refractivity contribution in [3.8, 4) is 61.3 Å². The van der Waals surface area contributed by atoms with Gasteiger partial charge in [-0.05, 0) is 155 Å². The van der Waals surface area contributed by atoms with E-state index in [0.29, 0.717) is 0 Å². The van der Waals surface area contributed by atoms with Crippen LogP contribution in [0.25, 0.3) is 83.1 Å². The van der Waals surface area contributed by atoms with E-state index in [0.717, 1.165) is 22.6 Å². The maximum absolute atomic E-state index is 2.54. The number of hydrogen-bond acceptors (Lipinski definition) is 1. The van der Waals surface area contributed by atoms with Crippen LogP contribution in [0.1, 0.15) is 44.5 Å². The smallest absolute Gasteiger partial charge is 0.0720 e. The van der Waals surface area contributed by atoms with Crippen molar-refractivity contribution in [2.45, 2.75) is 10.8 Å². The van der Waals surface area contributed by atoms with Gasteiger partial charge in [0.2, 0.25) is 0 Å². The summed E-state index contributed by atoms with van der Waals surface area (Å²) in [5.74, 6) is 0. The molecule has 13 aromatic carbocycles. The summed E-state index contributed by atoms with van der Waals surface area (Å²) in [7, 11) is 0. The average molecular weight is 1040 g/mol. The van der Waals surface area contributed by atoms with Gasteiger partial charge in [-0.3, -0.25) is 0 Å². The molecule has 382 valence electrons. The molecule has 2 nitrogen and oxygen atoms in total. The highest BCUT2D eigenvalue weighted by Crippen LogP contribution is 2.68. The van der Waals surface area contributed by atoms with Gasteiger partial charge in [0.25, 0.3) is 0 Å². The lowest BCUT2D eigenvalue weighted by Gasteiger charge is -2.48. The maximum atomic E-state index is 2.54. The number of anilines is 3. The monoisotopic (exact) mass is 1040 g/mol. The van der Waals surface area contributed by atoms with Crippen molar-refractivity contribution < 1.29 is 0 Å². The van der Waals surface area contributed by atoms with Crippen molar-refractivity contribution in [2.75, 3.05) is 4.90 Å². The van der Waals surface area contributed by atoms with Gasteiger partial charge in [0, 0.05) is 33.4 Å². The van der Waals surface area contributed by atoms with E-state index in [4.69, 9.17) is 0 Å². The fourth-order valence-electron chi connectivity index (χ4n) is 15.0. The maximum Gasteiger partial charge on any atom is 0.0720 e. The molecule has 1 heterocycles. The van der Waals surface area contributed by atoms with Gasteiger partial charge in [-0.1, -0.05) is 255 Å². The van der Waals surface area contributed by atoms with Crippen molar-refractivity contribution in [1.29, 1.82) is 0 Å². The zero-order valence-electron chi connectivity index (χ0n) is 44.9. The molecular weight excluding hydrogens is 989 g/mol. The number of nitrogens with zero attached hydrogens (tertiary/aromatic N) is 2. The minimum absolute atomic E-state index is 0.491. The van der Waals surface area contributed by atoms with E-state index in [1.807, 2.05) is 0 Å². The van der Waals surface area contributed by atoms with Crippen LogP contribution in [0.3, 0.4) is 0 Å². The second kappa shape index (κ2) is 18.0. The Morgan fingerprint density at radius 2 is 0.585 bits per heavy atom. The zero-order chi connectivity index (χ0) is 53.9. The molecule has 0 saturated heterocycles. The number of hydrogen-bond donors (Lipinski definition) is 0. The first-order valence-electron chi connectivity index (χ1n) is 28.6. The fourth-order valence-corrected chi connectivity index (χ4v) is 15.0. The molecule has 17 rings (SSSR count). The molecule has 0 atom stereocenters. The van der Waals surface area contributed by atoms with Crippen LogP contribution in [-0.4, -0.2) is 4.57 Å². The lowest BCUT2D eigenvalue weighted by molar-refractivity contribution is 0.633. The van der Waals surface area contributed by atoms with Gasteiger partial charge in [-0.2, -0.15) is 0 Å². The number of fused-ring (bicyclic) bond motifs is 19. The Morgan fingerprint density at radius 3 is 1.10 bits per heavy atom. The standard InChI is InChI=1S/C80H52N2/c1-3-20-53(21-4-1)55-38-45-59(46-39-55)81(60-47-40-56(41-48-60)54-22-5-2-6-23-54)61-49-42-57(43-50-61)58-44-51-76-66(52-58)64-26-10-18-36-75(64)82(76)77-37-19-35-74-78(77)65-27-9-13-30-69(65)80(74)72-33-16-14-31-70(72)79(71-32-15-17-34-73(71)80)67-28-11-7-24-62(67)63-25-8-12-29-68(63)79/h1-52H. The van der Waals surface area contributed by atoms with Gasteiger partial charge in [0.15, 0.2) is 0 Å². The predicted octanol–water partition coefficient (Wildman–Crippen LogP) is 20.3. The summed E-state index contributed by atoms with van der Waals surface area (Å²) in [6.45, 7) is 0. The minimum Gasteiger partial charge on any atom is -0.311 e. The Kier molecular flexibility index (Phi) is 10.2. The normalized spacial score (nSPS) is 13.6. The molecule has 82 heavy (non-hydrogen) atoms. The molecule has 0 bridgehead atoms. The molecule has 0 N–H and O–H groups in total. The summed E-state index contributed by atoms with van der Waals surface area (Å²) >= 11 is 0. The summed E-state index contributed by atoms with van der Waals surface area (Å²) < 4.78 is 2.54. The van der Waals surface area contributed by atoms with Gasteiger partial charge >= 0.3 is 0 Å². The molecule has 0 fully saturated rings. The minimum atomic E-state index is -0.586. The van der Waals surface area contributed by atoms with Gasteiger partial charge in [0.1, 0.15) is 0 Å². The Labute approximate surface area is 477 Å². The van der Waals surface area contributed by atoms with Crippen LogP contribution in [0, 0.1) is 0 Å². The first-order valence-corrected chi connectivity index (χ1v) is 28.6. The highest BCUT2D eigenvalue weighted by molar-refractivity contribution is 6.11. The van der Waals surface area contributed by atoms with Crippen molar-refractivity contribution in [3.05, 3.63) is 360 Å². The lowest BCUT2D eigenvalue weighted by Crippen LogP contribution is -2.43. The Hall–Kier alpha value is -10.5. The SMILES string of the molecule is c1ccc(-c2ccc(N(c3ccc(-c4ccccc4)cc3)c3ccc(-c4ccc5c(c4)c4ccccc4n5-c4cccc5c4-c4ccccc4C54c5ccccc5C5(c6ccccc6-c6ccccc65)c5ccccc54)cc3)cc2)cc1. The molecule has 0 radical (unpaired) electrons. The topological polar surface area (TPSA) is 8.17 Å². The van der Waals surface area contributed by atoms with Gasteiger partial charge < -0.3 is 9.47 Å². The van der Waals surface area contributed by atoms with Crippen molar-refractivity contribution in [2.24, 2.45) is 0 Å². The van der Waals surface area contributed by atoms with Crippen LogP contribution in [0.5, 0.6) is 0 Å². The van der Waals surface area contributed by atoms with Crippen LogP contribution >= 0.6 is 0 Å². The van der Waals surface area contributed by atoms with E-state index in [9.17, 15) is 0 Å². The molecule has 2 spiro atoms. The highest BCUT2D eigenvalue weighted by atomic mass is 15.1. The Balaban J connectivity index is 0.804. The van der Waals surface area contributed by atoms with Crippen molar-refractivity contribution in [1.82, 2.24) is 4.57 Å². The molecule has 2 heteroatoms. The van der Waals surface area contributed by atoms with Crippen molar-refractivity contribution in [3.63, 3.8) is 0 Å². The molecule has 1 aromatic heterocycles. The van der Waals surface area contributed by atoms with Gasteiger partial charge in [0.05, 0.1) is 27.6 Å². The number of rotatable bonds is 7. The second-order valence-electron chi connectivity index (χ2n) is 22.2. The van der Waals surface area contributed by atoms with E-state index in [1.54, 1.807) is 0 Å². The van der Waals surface area contributed by atoms with Crippen LogP contribution in [0.2, 0.25) is 0 Å². The Morgan fingerprint density at radius 1 is 0.232 bits per heavy atom. The van der Waals surface area contributed by atoms with Crippen LogP contribution in [-0.2, 0) is 10.8 Å².